The fourth-order valence-corrected chi connectivity index (χ4v) is 2.81. The Kier molecular flexibility index (Phi) is 6.51. The molecule has 0 fully saturated rings. The molecule has 3 rings (SSSR count). The van der Waals surface area contributed by atoms with Gasteiger partial charge in [-0.2, -0.15) is 0 Å². The summed E-state index contributed by atoms with van der Waals surface area (Å²) in [6.45, 7) is 1.49. The van der Waals surface area contributed by atoms with E-state index in [1.165, 1.54) is 37.3 Å². The first-order valence-electron chi connectivity index (χ1n) is 9.31. The molecule has 3 aromatic rings. The number of nitro benzene ring substituents is 1. The van der Waals surface area contributed by atoms with Gasteiger partial charge >= 0.3 is 5.97 Å². The van der Waals surface area contributed by atoms with E-state index < -0.39 is 22.9 Å². The smallest absolute Gasteiger partial charge is 0.338 e. The van der Waals surface area contributed by atoms with E-state index in [-0.39, 0.29) is 22.6 Å². The number of hydrogen-bond donors (Lipinski definition) is 1. The largest absolute Gasteiger partial charge is 0.451 e. The highest BCUT2D eigenvalue weighted by molar-refractivity contribution is 6.05. The summed E-state index contributed by atoms with van der Waals surface area (Å²) >= 11 is 0. The molecular weight excluding hydrogens is 400 g/mol. The Morgan fingerprint density at radius 3 is 2.23 bits per heavy atom. The number of Topliss-reactive ketones (excluding diaryl/α,β-unsaturated/α-hetero) is 1. The lowest BCUT2D eigenvalue weighted by Gasteiger charge is -2.13. The Bertz CT molecular complexity index is 1140. The van der Waals surface area contributed by atoms with Gasteiger partial charge in [0.25, 0.3) is 11.6 Å². The Hall–Kier alpha value is -4.33. The lowest BCUT2D eigenvalue weighted by atomic mass is 10.1. The van der Waals surface area contributed by atoms with E-state index in [0.29, 0.717) is 11.3 Å². The monoisotopic (exact) mass is 418 g/mol. The van der Waals surface area contributed by atoms with E-state index >= 15 is 0 Å². The van der Waals surface area contributed by atoms with Crippen LogP contribution in [0.25, 0.3) is 0 Å². The number of amides is 1. The predicted molar refractivity (Wildman–Crippen MR) is 113 cm³/mol. The van der Waals surface area contributed by atoms with E-state index in [2.05, 4.69) is 5.32 Å². The van der Waals surface area contributed by atoms with Crippen molar-refractivity contribution >= 4 is 29.0 Å². The third-order valence-corrected chi connectivity index (χ3v) is 4.39. The number of hydrogen-bond acceptors (Lipinski definition) is 6. The first-order chi connectivity index (χ1) is 14.8. The summed E-state index contributed by atoms with van der Waals surface area (Å²) in [6.07, 6.45) is -0.988. The molecule has 0 aliphatic rings. The molecule has 1 N–H and O–H groups in total. The highest BCUT2D eigenvalue weighted by atomic mass is 16.6. The number of carbonyl (C=O) groups excluding carboxylic acids is 3. The summed E-state index contributed by atoms with van der Waals surface area (Å²) < 4.78 is 5.26. The standard InChI is InChI=1S/C23H18N2O6/c1-15(21(26)16-7-3-2-4-8-16)31-23(28)18-10-5-11-19(13-18)24-22(27)17-9-6-12-20(14-17)25(29)30/h2-15H,1H3,(H,24,27). The highest BCUT2D eigenvalue weighted by Crippen LogP contribution is 2.17. The molecule has 1 atom stereocenters. The van der Waals surface area contributed by atoms with Gasteiger partial charge in [0.15, 0.2) is 6.10 Å². The zero-order valence-corrected chi connectivity index (χ0v) is 16.5. The summed E-state index contributed by atoms with van der Waals surface area (Å²) in [5, 5.41) is 13.5. The molecular formula is C23H18N2O6. The van der Waals surface area contributed by atoms with Crippen molar-refractivity contribution in [1.82, 2.24) is 0 Å². The van der Waals surface area contributed by atoms with Gasteiger partial charge in [0.1, 0.15) is 0 Å². The summed E-state index contributed by atoms with van der Waals surface area (Å²) in [5.41, 5.74) is 0.768. The number of nitro groups is 1. The van der Waals surface area contributed by atoms with Crippen LogP contribution in [-0.2, 0) is 4.74 Å². The number of rotatable bonds is 7. The van der Waals surface area contributed by atoms with E-state index in [4.69, 9.17) is 4.74 Å². The van der Waals surface area contributed by atoms with Gasteiger partial charge in [0, 0.05) is 28.9 Å². The SMILES string of the molecule is CC(OC(=O)c1cccc(NC(=O)c2cccc([N+](=O)[O-])c2)c1)C(=O)c1ccccc1. The lowest BCUT2D eigenvalue weighted by Crippen LogP contribution is -2.24. The Labute approximate surface area is 177 Å². The Balaban J connectivity index is 1.69. The average Bonchev–Trinajstić information content (AvgIpc) is 2.79. The van der Waals surface area contributed by atoms with Crippen LogP contribution in [0.2, 0.25) is 0 Å². The number of benzene rings is 3. The molecule has 0 bridgehead atoms. The van der Waals surface area contributed by atoms with Crippen molar-refractivity contribution in [2.24, 2.45) is 0 Å². The molecule has 156 valence electrons. The average molecular weight is 418 g/mol. The molecule has 0 heterocycles. The minimum Gasteiger partial charge on any atom is -0.451 e. The molecule has 0 aromatic heterocycles. The highest BCUT2D eigenvalue weighted by Gasteiger charge is 2.20. The van der Waals surface area contributed by atoms with E-state index in [1.54, 1.807) is 42.5 Å². The second kappa shape index (κ2) is 9.45. The fraction of sp³-hybridized carbons (Fsp3) is 0.0870. The molecule has 1 unspecified atom stereocenters. The number of esters is 1. The second-order valence-corrected chi connectivity index (χ2v) is 6.62. The topological polar surface area (TPSA) is 116 Å². The van der Waals surface area contributed by atoms with E-state index in [0.717, 1.165) is 6.07 Å². The molecule has 8 heteroatoms. The number of ketones is 1. The van der Waals surface area contributed by atoms with Crippen molar-refractivity contribution in [3.8, 4) is 0 Å². The van der Waals surface area contributed by atoms with Gasteiger partial charge in [-0.15, -0.1) is 0 Å². The third kappa shape index (κ3) is 5.39. The first kappa shape index (κ1) is 21.4. The number of anilines is 1. The normalized spacial score (nSPS) is 11.3. The van der Waals surface area contributed by atoms with Crippen molar-refractivity contribution in [1.29, 1.82) is 0 Å². The molecule has 3 aromatic carbocycles. The van der Waals surface area contributed by atoms with Crippen LogP contribution in [-0.4, -0.2) is 28.7 Å². The van der Waals surface area contributed by atoms with Crippen LogP contribution in [0, 0.1) is 10.1 Å². The molecule has 8 nitrogen and oxygen atoms in total. The second-order valence-electron chi connectivity index (χ2n) is 6.62. The van der Waals surface area contributed by atoms with Crippen LogP contribution in [0.1, 0.15) is 38.0 Å². The summed E-state index contributed by atoms with van der Waals surface area (Å²) in [4.78, 5) is 47.5. The van der Waals surface area contributed by atoms with Crippen LogP contribution in [0.5, 0.6) is 0 Å². The number of nitrogens with one attached hydrogen (secondary N) is 1. The quantitative estimate of drug-likeness (QED) is 0.265. The van der Waals surface area contributed by atoms with Gasteiger partial charge in [-0.25, -0.2) is 4.79 Å². The van der Waals surface area contributed by atoms with Gasteiger partial charge < -0.3 is 10.1 Å². The Morgan fingerprint density at radius 2 is 1.52 bits per heavy atom. The van der Waals surface area contributed by atoms with Crippen molar-refractivity contribution in [2.45, 2.75) is 13.0 Å². The summed E-state index contributed by atoms with van der Waals surface area (Å²) in [5.74, 6) is -1.62. The maximum atomic E-state index is 12.5. The maximum Gasteiger partial charge on any atom is 0.338 e. The molecule has 0 aliphatic carbocycles. The van der Waals surface area contributed by atoms with Gasteiger partial charge in [0.05, 0.1) is 10.5 Å². The van der Waals surface area contributed by atoms with Crippen LogP contribution in [0.3, 0.4) is 0 Å². The Morgan fingerprint density at radius 1 is 0.871 bits per heavy atom. The number of non-ortho nitro benzene ring substituents is 1. The van der Waals surface area contributed by atoms with Crippen molar-refractivity contribution in [3.05, 3.63) is 106 Å². The van der Waals surface area contributed by atoms with Crippen LogP contribution in [0.15, 0.2) is 78.9 Å². The molecule has 31 heavy (non-hydrogen) atoms. The maximum absolute atomic E-state index is 12.5. The van der Waals surface area contributed by atoms with Crippen LogP contribution in [0.4, 0.5) is 11.4 Å². The molecule has 0 radical (unpaired) electrons. The predicted octanol–water partition coefficient (Wildman–Crippen LogP) is 4.28. The van der Waals surface area contributed by atoms with E-state index in [9.17, 15) is 24.5 Å². The van der Waals surface area contributed by atoms with Crippen LogP contribution >= 0.6 is 0 Å². The lowest BCUT2D eigenvalue weighted by molar-refractivity contribution is -0.384. The number of carbonyl (C=O) groups is 3. The molecule has 1 amide bonds. The van der Waals surface area contributed by atoms with Crippen molar-refractivity contribution in [3.63, 3.8) is 0 Å². The van der Waals surface area contributed by atoms with Crippen LogP contribution < -0.4 is 5.32 Å². The van der Waals surface area contributed by atoms with Gasteiger partial charge in [-0.1, -0.05) is 42.5 Å². The molecule has 0 aliphatic heterocycles. The molecule has 0 saturated carbocycles. The minimum absolute atomic E-state index is 0.101. The minimum atomic E-state index is -0.988. The number of nitrogens with zero attached hydrogens (tertiary/aromatic N) is 1. The van der Waals surface area contributed by atoms with Gasteiger partial charge in [-0.05, 0) is 31.2 Å². The third-order valence-electron chi connectivity index (χ3n) is 4.39. The summed E-state index contributed by atoms with van der Waals surface area (Å²) in [6, 6.07) is 19.8. The molecule has 0 spiro atoms. The fourth-order valence-electron chi connectivity index (χ4n) is 2.81. The van der Waals surface area contributed by atoms with Crippen molar-refractivity contribution < 1.29 is 24.0 Å². The molecule has 0 saturated heterocycles. The summed E-state index contributed by atoms with van der Waals surface area (Å²) in [7, 11) is 0. The van der Waals surface area contributed by atoms with Crippen molar-refractivity contribution in [2.75, 3.05) is 5.32 Å². The number of ether oxygens (including phenoxy) is 1. The first-order valence-corrected chi connectivity index (χ1v) is 9.31. The zero-order chi connectivity index (χ0) is 22.4. The van der Waals surface area contributed by atoms with Gasteiger partial charge in [-0.3, -0.25) is 19.7 Å². The van der Waals surface area contributed by atoms with Gasteiger partial charge in [0.2, 0.25) is 5.78 Å². The zero-order valence-electron chi connectivity index (χ0n) is 16.5. The van der Waals surface area contributed by atoms with E-state index in [1.807, 2.05) is 0 Å².